The van der Waals surface area contributed by atoms with Crippen LogP contribution in [-0.2, 0) is 6.54 Å². The fourth-order valence-electron chi connectivity index (χ4n) is 2.13. The number of nitrogens with zero attached hydrogens (tertiary/aromatic N) is 1. The molecule has 0 fully saturated rings. The molecule has 0 saturated carbocycles. The molecule has 2 aliphatic heterocycles. The van der Waals surface area contributed by atoms with Crippen molar-refractivity contribution in [3.8, 4) is 0 Å². The molecule has 1 radical (unpaired) electrons. The fraction of sp³-hybridized carbons (Fsp3) is 0.167. The van der Waals surface area contributed by atoms with E-state index in [1.54, 1.807) is 0 Å². The van der Waals surface area contributed by atoms with E-state index in [0.717, 1.165) is 6.54 Å². The first-order valence-electron chi connectivity index (χ1n) is 4.64. The van der Waals surface area contributed by atoms with Crippen molar-refractivity contribution in [1.82, 2.24) is 4.90 Å². The third-order valence-electron chi connectivity index (χ3n) is 2.77. The van der Waals surface area contributed by atoms with Crippen molar-refractivity contribution in [3.63, 3.8) is 0 Å². The third-order valence-corrected chi connectivity index (χ3v) is 2.77. The monoisotopic (exact) mass is 169 g/mol. The van der Waals surface area contributed by atoms with Crippen LogP contribution in [0.15, 0.2) is 48.7 Å². The minimum atomic E-state index is 0.487. The quantitative estimate of drug-likeness (QED) is 0.526. The van der Waals surface area contributed by atoms with Gasteiger partial charge in [-0.1, -0.05) is 30.3 Å². The van der Waals surface area contributed by atoms with Gasteiger partial charge in [-0.2, -0.15) is 0 Å². The molecule has 3 rings (SSSR count). The average molecular weight is 169 g/mol. The van der Waals surface area contributed by atoms with Gasteiger partial charge in [0.2, 0.25) is 0 Å². The van der Waals surface area contributed by atoms with Crippen LogP contribution in [0.1, 0.15) is 17.2 Å². The van der Waals surface area contributed by atoms with Crippen molar-refractivity contribution < 1.29 is 0 Å². The minimum absolute atomic E-state index is 0.487. The molecule has 1 aromatic carbocycles. The Morgan fingerprint density at radius 2 is 2.08 bits per heavy atom. The van der Waals surface area contributed by atoms with Gasteiger partial charge in [-0.05, 0) is 12.2 Å². The highest BCUT2D eigenvalue weighted by Crippen LogP contribution is 2.33. The SMILES string of the molecule is C1=CC2c3ccccc3C[N+]2C=C1. The Bertz CT molecular complexity index is 390. The topological polar surface area (TPSA) is 5.90 Å². The normalized spacial score (nSPS) is 24.5. The van der Waals surface area contributed by atoms with Crippen LogP contribution in [0, 0.1) is 0 Å². The first kappa shape index (κ1) is 7.10. The van der Waals surface area contributed by atoms with Crippen molar-refractivity contribution >= 4 is 0 Å². The second-order valence-electron chi connectivity index (χ2n) is 3.54. The number of hydrogen-bond donors (Lipinski definition) is 0. The molecular formula is C12H11N+. The number of fused-ring (bicyclic) bond motifs is 3. The Hall–Kier alpha value is -1.34. The van der Waals surface area contributed by atoms with Crippen LogP contribution >= 0.6 is 0 Å². The van der Waals surface area contributed by atoms with Gasteiger partial charge in [0.25, 0.3) is 0 Å². The maximum absolute atomic E-state index is 2.37. The van der Waals surface area contributed by atoms with Crippen LogP contribution in [0.4, 0.5) is 0 Å². The predicted molar refractivity (Wildman–Crippen MR) is 53.3 cm³/mol. The molecule has 0 amide bonds. The van der Waals surface area contributed by atoms with Crippen molar-refractivity contribution in [1.29, 1.82) is 0 Å². The number of benzene rings is 1. The van der Waals surface area contributed by atoms with E-state index in [0.29, 0.717) is 6.04 Å². The van der Waals surface area contributed by atoms with Crippen LogP contribution < -0.4 is 4.90 Å². The number of rotatable bonds is 0. The molecule has 0 aliphatic carbocycles. The average Bonchev–Trinajstić information content (AvgIpc) is 2.56. The Morgan fingerprint density at radius 1 is 1.15 bits per heavy atom. The number of hydrogen-bond acceptors (Lipinski definition) is 1. The van der Waals surface area contributed by atoms with Crippen molar-refractivity contribution in [3.05, 3.63) is 59.8 Å². The molecule has 0 bridgehead atoms. The second-order valence-corrected chi connectivity index (χ2v) is 3.54. The third kappa shape index (κ3) is 0.973. The lowest BCUT2D eigenvalue weighted by atomic mass is 10.0. The zero-order chi connectivity index (χ0) is 8.67. The molecular weight excluding hydrogens is 158 g/mol. The molecule has 1 heteroatoms. The van der Waals surface area contributed by atoms with Gasteiger partial charge >= 0.3 is 0 Å². The molecule has 0 N–H and O–H groups in total. The maximum atomic E-state index is 2.37. The Morgan fingerprint density at radius 3 is 3.08 bits per heavy atom. The first-order valence-corrected chi connectivity index (χ1v) is 4.64. The number of allylic oxidation sites excluding steroid dienone is 2. The summed E-state index contributed by atoms with van der Waals surface area (Å²) in [5.41, 5.74) is 2.92. The zero-order valence-electron chi connectivity index (χ0n) is 7.35. The second kappa shape index (κ2) is 2.57. The molecule has 2 aliphatic rings. The summed E-state index contributed by atoms with van der Waals surface area (Å²) in [6, 6.07) is 9.17. The van der Waals surface area contributed by atoms with Crippen molar-refractivity contribution in [2.75, 3.05) is 0 Å². The van der Waals surface area contributed by atoms with Crippen LogP contribution in [0.2, 0.25) is 0 Å². The Labute approximate surface area is 78.0 Å². The van der Waals surface area contributed by atoms with E-state index in [9.17, 15) is 0 Å². The summed E-state index contributed by atoms with van der Waals surface area (Å²) >= 11 is 0. The largest absolute Gasteiger partial charge is 0.182 e. The van der Waals surface area contributed by atoms with Gasteiger partial charge in [0, 0.05) is 11.1 Å². The Kier molecular flexibility index (Phi) is 1.41. The van der Waals surface area contributed by atoms with Crippen LogP contribution in [-0.4, -0.2) is 0 Å². The van der Waals surface area contributed by atoms with Gasteiger partial charge in [-0.25, -0.2) is 0 Å². The van der Waals surface area contributed by atoms with E-state index in [-0.39, 0.29) is 0 Å². The van der Waals surface area contributed by atoms with Gasteiger partial charge in [0.1, 0.15) is 6.20 Å². The summed E-state index contributed by atoms with van der Waals surface area (Å²) < 4.78 is 0. The molecule has 13 heavy (non-hydrogen) atoms. The van der Waals surface area contributed by atoms with Crippen molar-refractivity contribution in [2.24, 2.45) is 0 Å². The van der Waals surface area contributed by atoms with Crippen LogP contribution in [0.5, 0.6) is 0 Å². The standard InChI is InChI=1S/C12H11N/c1-2-6-11-10(5-1)9-13-8-4-3-7-12(11)13/h1-8,12H,9H2/q+1. The van der Waals surface area contributed by atoms with Crippen LogP contribution in [0.3, 0.4) is 0 Å². The van der Waals surface area contributed by atoms with E-state index < -0.39 is 0 Å². The summed E-state index contributed by atoms with van der Waals surface area (Å²) in [6.45, 7) is 1.06. The summed E-state index contributed by atoms with van der Waals surface area (Å²) in [5, 5.41) is 0. The minimum Gasteiger partial charge on any atom is -0.125 e. The van der Waals surface area contributed by atoms with Gasteiger partial charge in [-0.3, -0.25) is 0 Å². The van der Waals surface area contributed by atoms with Gasteiger partial charge in [0.05, 0.1) is 0 Å². The van der Waals surface area contributed by atoms with Gasteiger partial charge in [0.15, 0.2) is 12.6 Å². The maximum Gasteiger partial charge on any atom is 0.182 e. The smallest absolute Gasteiger partial charge is 0.125 e. The van der Waals surface area contributed by atoms with Gasteiger partial charge < -0.3 is 0 Å². The highest BCUT2D eigenvalue weighted by atomic mass is 15.2. The van der Waals surface area contributed by atoms with E-state index in [1.165, 1.54) is 11.1 Å². The molecule has 1 unspecified atom stereocenters. The molecule has 1 aromatic rings. The van der Waals surface area contributed by atoms with Gasteiger partial charge in [-0.15, -0.1) is 4.90 Å². The Balaban J connectivity index is 2.12. The highest BCUT2D eigenvalue weighted by molar-refractivity contribution is 5.40. The summed E-state index contributed by atoms with van der Waals surface area (Å²) in [4.78, 5) is 2.37. The van der Waals surface area contributed by atoms with E-state index >= 15 is 0 Å². The van der Waals surface area contributed by atoms with Crippen LogP contribution in [0.25, 0.3) is 0 Å². The summed E-state index contributed by atoms with van der Waals surface area (Å²) in [5.74, 6) is 0. The molecule has 1 nitrogen and oxygen atoms in total. The summed E-state index contributed by atoms with van der Waals surface area (Å²) in [6.07, 6.45) is 8.65. The molecule has 1 atom stereocenters. The lowest BCUT2D eigenvalue weighted by Crippen LogP contribution is -2.21. The molecule has 2 heterocycles. The zero-order valence-corrected chi connectivity index (χ0v) is 7.35. The lowest BCUT2D eigenvalue weighted by Gasteiger charge is -2.09. The van der Waals surface area contributed by atoms with E-state index in [1.807, 2.05) is 0 Å². The predicted octanol–water partition coefficient (Wildman–Crippen LogP) is 2.46. The lowest BCUT2D eigenvalue weighted by molar-refractivity contribution is 0.497. The summed E-state index contributed by atoms with van der Waals surface area (Å²) in [7, 11) is 0. The molecule has 63 valence electrons. The first-order chi connectivity index (χ1) is 6.45. The highest BCUT2D eigenvalue weighted by Gasteiger charge is 2.36. The molecule has 0 spiro atoms. The van der Waals surface area contributed by atoms with E-state index in [4.69, 9.17) is 0 Å². The van der Waals surface area contributed by atoms with Crippen molar-refractivity contribution in [2.45, 2.75) is 12.6 Å². The molecule has 0 saturated heterocycles. The fourth-order valence-corrected chi connectivity index (χ4v) is 2.13. The molecule has 0 aromatic heterocycles. The van der Waals surface area contributed by atoms with E-state index in [2.05, 4.69) is 53.6 Å².